The third kappa shape index (κ3) is 6.69. The number of hydrogen-bond donors (Lipinski definition) is 3. The van der Waals surface area contributed by atoms with E-state index in [4.69, 9.17) is 25.4 Å². The van der Waals surface area contributed by atoms with Gasteiger partial charge in [0.15, 0.2) is 17.4 Å². The molecule has 1 amide bonds. The molecule has 27 heavy (non-hydrogen) atoms. The van der Waals surface area contributed by atoms with Crippen LogP contribution in [0.1, 0.15) is 17.0 Å². The van der Waals surface area contributed by atoms with Crippen molar-refractivity contribution >= 4 is 17.8 Å². The van der Waals surface area contributed by atoms with Gasteiger partial charge in [-0.1, -0.05) is 36.4 Å². The third-order valence-electron chi connectivity index (χ3n) is 3.45. The minimum Gasteiger partial charge on any atom is -0.493 e. The van der Waals surface area contributed by atoms with Crippen molar-refractivity contribution in [2.75, 3.05) is 14.2 Å². The van der Waals surface area contributed by atoms with Crippen LogP contribution in [0.25, 0.3) is 0 Å². The molecule has 0 atom stereocenters. The zero-order chi connectivity index (χ0) is 20.4. The smallest absolute Gasteiger partial charge is 0.322 e. The van der Waals surface area contributed by atoms with Crippen LogP contribution in [0.5, 0.6) is 11.5 Å². The lowest BCUT2D eigenvalue weighted by Gasteiger charge is -2.08. The minimum atomic E-state index is -1.47. The first-order valence-electron chi connectivity index (χ1n) is 7.79. The topological polar surface area (TPSA) is 136 Å². The average molecular weight is 375 g/mol. The van der Waals surface area contributed by atoms with E-state index in [1.165, 1.54) is 12.1 Å². The van der Waals surface area contributed by atoms with Crippen LogP contribution >= 0.6 is 0 Å². The summed E-state index contributed by atoms with van der Waals surface area (Å²) in [5.41, 5.74) is 6.17. The Labute approximate surface area is 156 Å². The number of carbonyl (C=O) groups is 3. The van der Waals surface area contributed by atoms with Crippen LogP contribution in [0, 0.1) is 0 Å². The molecule has 0 spiro atoms. The Hall–Kier alpha value is -3.55. The molecule has 8 nitrogen and oxygen atoms in total. The van der Waals surface area contributed by atoms with Gasteiger partial charge in [0.05, 0.1) is 20.6 Å². The average Bonchev–Trinajstić information content (AvgIpc) is 2.62. The van der Waals surface area contributed by atoms with Gasteiger partial charge >= 0.3 is 11.9 Å². The molecule has 4 N–H and O–H groups in total. The van der Waals surface area contributed by atoms with E-state index in [0.717, 1.165) is 5.56 Å². The number of aliphatic carboxylic acids is 2. The van der Waals surface area contributed by atoms with Gasteiger partial charge in [0.2, 0.25) is 5.91 Å². The Kier molecular flexibility index (Phi) is 8.31. The predicted molar refractivity (Wildman–Crippen MR) is 96.9 cm³/mol. The number of primary amides is 1. The Balaban J connectivity index is 0.000000271. The summed E-state index contributed by atoms with van der Waals surface area (Å²) >= 11 is 0. The summed E-state index contributed by atoms with van der Waals surface area (Å²) in [6.45, 7) is 0. The van der Waals surface area contributed by atoms with Gasteiger partial charge in [-0.3, -0.25) is 14.4 Å². The molecule has 0 aliphatic heterocycles. The molecule has 0 radical (unpaired) electrons. The molecule has 0 heterocycles. The van der Waals surface area contributed by atoms with Crippen molar-refractivity contribution in [1.82, 2.24) is 0 Å². The number of benzene rings is 2. The number of carbonyl (C=O) groups excluding carboxylic acids is 1. The van der Waals surface area contributed by atoms with Crippen LogP contribution in [0.15, 0.2) is 48.5 Å². The lowest BCUT2D eigenvalue weighted by atomic mass is 10.00. The number of methoxy groups -OCH3 is 2. The van der Waals surface area contributed by atoms with Crippen molar-refractivity contribution in [3.8, 4) is 11.5 Å². The van der Waals surface area contributed by atoms with Crippen molar-refractivity contribution in [2.24, 2.45) is 5.73 Å². The Morgan fingerprint density at radius 2 is 1.48 bits per heavy atom. The quantitative estimate of drug-likeness (QED) is 0.626. The highest BCUT2D eigenvalue weighted by molar-refractivity contribution is 5.98. The zero-order valence-corrected chi connectivity index (χ0v) is 14.9. The van der Waals surface area contributed by atoms with E-state index >= 15 is 0 Å². The fourth-order valence-corrected chi connectivity index (χ4v) is 2.23. The highest BCUT2D eigenvalue weighted by atomic mass is 16.5. The van der Waals surface area contributed by atoms with Gasteiger partial charge in [0, 0.05) is 0 Å². The molecule has 144 valence electrons. The number of rotatable bonds is 7. The highest BCUT2D eigenvalue weighted by Crippen LogP contribution is 2.27. The zero-order valence-electron chi connectivity index (χ0n) is 14.9. The van der Waals surface area contributed by atoms with Gasteiger partial charge < -0.3 is 25.4 Å². The summed E-state index contributed by atoms with van der Waals surface area (Å²) in [5.74, 6) is -3.29. The number of carboxylic acid groups (broad SMARTS) is 2. The first kappa shape index (κ1) is 21.5. The lowest BCUT2D eigenvalue weighted by Crippen LogP contribution is -2.20. The molecule has 0 saturated heterocycles. The first-order chi connectivity index (χ1) is 12.8. The molecule has 0 saturated carbocycles. The van der Waals surface area contributed by atoms with Gasteiger partial charge in [-0.15, -0.1) is 0 Å². The molecule has 0 bridgehead atoms. The van der Waals surface area contributed by atoms with E-state index in [1.807, 2.05) is 0 Å². The Morgan fingerprint density at radius 3 is 1.93 bits per heavy atom. The van der Waals surface area contributed by atoms with Gasteiger partial charge in [-0.25, -0.2) is 0 Å². The summed E-state index contributed by atoms with van der Waals surface area (Å²) in [4.78, 5) is 31.8. The second kappa shape index (κ2) is 10.4. The molecule has 0 unspecified atom stereocenters. The fraction of sp³-hybridized carbons (Fsp3) is 0.211. The molecule has 0 aliphatic carbocycles. The summed E-state index contributed by atoms with van der Waals surface area (Å²) in [7, 11) is 3.11. The Bertz CT molecular complexity index is 776. The maximum Gasteiger partial charge on any atom is 0.322 e. The fourth-order valence-electron chi connectivity index (χ4n) is 2.23. The lowest BCUT2D eigenvalue weighted by molar-refractivity contribution is -0.150. The van der Waals surface area contributed by atoms with Crippen LogP contribution in [0.4, 0.5) is 0 Å². The molecule has 2 aromatic carbocycles. The second-order valence-corrected chi connectivity index (χ2v) is 5.35. The summed E-state index contributed by atoms with van der Waals surface area (Å²) < 4.78 is 10.1. The third-order valence-corrected chi connectivity index (χ3v) is 3.45. The Morgan fingerprint density at radius 1 is 0.926 bits per heavy atom. The van der Waals surface area contributed by atoms with Crippen molar-refractivity contribution < 1.29 is 34.1 Å². The van der Waals surface area contributed by atoms with Crippen LogP contribution in [-0.4, -0.2) is 42.3 Å². The van der Waals surface area contributed by atoms with E-state index in [2.05, 4.69) is 0 Å². The van der Waals surface area contributed by atoms with E-state index in [-0.39, 0.29) is 17.9 Å². The maximum absolute atomic E-state index is 10.7. The first-order valence-corrected chi connectivity index (χ1v) is 7.79. The number of carboxylic acids is 2. The molecular weight excluding hydrogens is 354 g/mol. The van der Waals surface area contributed by atoms with Gasteiger partial charge in [0.1, 0.15) is 0 Å². The van der Waals surface area contributed by atoms with E-state index in [0.29, 0.717) is 11.5 Å². The molecule has 2 aromatic rings. The van der Waals surface area contributed by atoms with Gasteiger partial charge in [-0.2, -0.15) is 0 Å². The number of ether oxygens (including phenoxy) is 2. The number of hydrogen-bond acceptors (Lipinski definition) is 5. The monoisotopic (exact) mass is 375 g/mol. The molecule has 2 rings (SSSR count). The molecule has 0 aliphatic rings. The predicted octanol–water partition coefficient (Wildman–Crippen LogP) is 1.67. The molecular formula is C19H21NO7. The van der Waals surface area contributed by atoms with Crippen LogP contribution in [0.3, 0.4) is 0 Å². The number of nitrogens with two attached hydrogens (primary N) is 1. The standard InChI is InChI=1S/C10H13NO3.C9H8O4/c1-13-8-4-3-7(6-10(11)12)5-9(8)14-2;10-8(11)7(9(12)13)6-4-2-1-3-5-6/h3-5H,6H2,1-2H3,(H2,11,12);1-5,7H,(H,10,11)(H,12,13). The number of amides is 1. The summed E-state index contributed by atoms with van der Waals surface area (Å²) in [6, 6.07) is 13.1. The maximum atomic E-state index is 10.7. The largest absolute Gasteiger partial charge is 0.493 e. The van der Waals surface area contributed by atoms with Crippen molar-refractivity contribution in [1.29, 1.82) is 0 Å². The van der Waals surface area contributed by atoms with Gasteiger partial charge in [0.25, 0.3) is 0 Å². The molecule has 0 aromatic heterocycles. The molecule has 0 fully saturated rings. The highest BCUT2D eigenvalue weighted by Gasteiger charge is 2.27. The van der Waals surface area contributed by atoms with E-state index < -0.39 is 17.9 Å². The second-order valence-electron chi connectivity index (χ2n) is 5.35. The van der Waals surface area contributed by atoms with E-state index in [9.17, 15) is 14.4 Å². The van der Waals surface area contributed by atoms with Crippen molar-refractivity contribution in [3.63, 3.8) is 0 Å². The van der Waals surface area contributed by atoms with E-state index in [1.54, 1.807) is 50.6 Å². The summed E-state index contributed by atoms with van der Waals surface area (Å²) in [5, 5.41) is 17.2. The van der Waals surface area contributed by atoms with Crippen LogP contribution < -0.4 is 15.2 Å². The van der Waals surface area contributed by atoms with Crippen molar-refractivity contribution in [2.45, 2.75) is 12.3 Å². The summed E-state index contributed by atoms with van der Waals surface area (Å²) in [6.07, 6.45) is 0.209. The van der Waals surface area contributed by atoms with Crippen LogP contribution in [-0.2, 0) is 20.8 Å². The van der Waals surface area contributed by atoms with Crippen LogP contribution in [0.2, 0.25) is 0 Å². The normalized spacial score (nSPS) is 9.74. The van der Waals surface area contributed by atoms with Crippen molar-refractivity contribution in [3.05, 3.63) is 59.7 Å². The minimum absolute atomic E-state index is 0.209. The SMILES string of the molecule is COc1ccc(CC(N)=O)cc1OC.O=C(O)C(C(=O)O)c1ccccc1. The van der Waals surface area contributed by atoms with Gasteiger partial charge in [-0.05, 0) is 23.3 Å². The molecule has 8 heteroatoms.